The van der Waals surface area contributed by atoms with E-state index in [1.54, 1.807) is 24.3 Å². The van der Waals surface area contributed by atoms with Gasteiger partial charge in [-0.1, -0.05) is 18.2 Å². The molecule has 1 aliphatic heterocycles. The normalized spacial score (nSPS) is 22.2. The maximum atomic E-state index is 12.5. The van der Waals surface area contributed by atoms with Crippen molar-refractivity contribution in [2.75, 3.05) is 19.4 Å². The second kappa shape index (κ2) is 5.65. The zero-order valence-electron chi connectivity index (χ0n) is 10.8. The molecule has 1 aliphatic rings. The molecule has 0 amide bonds. The molecule has 1 heterocycles. The molecule has 7 heteroatoms. The Kier molecular flexibility index (Phi) is 4.29. The molecule has 2 rings (SSSR count). The number of rotatable bonds is 3. The number of thioether (sulfide) groups is 1. The molecule has 110 valence electrons. The summed E-state index contributed by atoms with van der Waals surface area (Å²) in [4.78, 5) is 12.9. The van der Waals surface area contributed by atoms with E-state index in [1.165, 1.54) is 18.9 Å². The first kappa shape index (κ1) is 15.2. The average Bonchev–Trinajstić information content (AvgIpc) is 2.43. The minimum Gasteiger partial charge on any atom is -0.467 e. The predicted molar refractivity (Wildman–Crippen MR) is 69.5 cm³/mol. The molecule has 3 nitrogen and oxygen atoms in total. The third kappa shape index (κ3) is 2.93. The number of hydrogen-bond donors (Lipinski definition) is 1. The molecular weight excluding hydrogens is 291 g/mol. The van der Waals surface area contributed by atoms with Gasteiger partial charge in [0.2, 0.25) is 0 Å². The monoisotopic (exact) mass is 305 g/mol. The number of nitrogens with one attached hydrogen (secondary N) is 1. The van der Waals surface area contributed by atoms with Gasteiger partial charge in [-0.05, 0) is 18.1 Å². The quantitative estimate of drug-likeness (QED) is 0.872. The van der Waals surface area contributed by atoms with Gasteiger partial charge in [-0.2, -0.15) is 13.2 Å². The van der Waals surface area contributed by atoms with Crippen molar-refractivity contribution in [3.05, 3.63) is 29.8 Å². The summed E-state index contributed by atoms with van der Waals surface area (Å²) in [6.45, 7) is -1.24. The molecule has 0 radical (unpaired) electrons. The Bertz CT molecular complexity index is 507. The molecule has 0 fully saturated rings. The van der Waals surface area contributed by atoms with Crippen molar-refractivity contribution in [1.29, 1.82) is 0 Å². The van der Waals surface area contributed by atoms with E-state index in [1.807, 2.05) is 0 Å². The fourth-order valence-electron chi connectivity index (χ4n) is 2.29. The number of halogens is 3. The van der Waals surface area contributed by atoms with Crippen LogP contribution < -0.4 is 5.32 Å². The van der Waals surface area contributed by atoms with Crippen molar-refractivity contribution in [3.63, 3.8) is 0 Å². The number of alkyl halides is 3. The summed E-state index contributed by atoms with van der Waals surface area (Å²) in [5.41, 5.74) is -0.876. The fourth-order valence-corrected chi connectivity index (χ4v) is 3.49. The van der Waals surface area contributed by atoms with Crippen LogP contribution in [0.5, 0.6) is 0 Å². The van der Waals surface area contributed by atoms with Gasteiger partial charge in [0, 0.05) is 10.6 Å². The molecule has 1 aromatic rings. The first-order valence-corrected chi connectivity index (χ1v) is 7.00. The number of carbonyl (C=O) groups excluding carboxylic acids is 1. The number of ether oxygens (including phenoxy) is 1. The van der Waals surface area contributed by atoms with Crippen LogP contribution in [-0.2, 0) is 15.1 Å². The molecule has 1 atom stereocenters. The first-order chi connectivity index (χ1) is 9.39. The lowest BCUT2D eigenvalue weighted by molar-refractivity contribution is -0.154. The van der Waals surface area contributed by atoms with Crippen LogP contribution in [0.4, 0.5) is 13.2 Å². The zero-order chi connectivity index (χ0) is 14.8. The summed E-state index contributed by atoms with van der Waals surface area (Å²) in [5, 5.41) is 2.37. The maximum Gasteiger partial charge on any atom is 0.401 e. The van der Waals surface area contributed by atoms with E-state index in [2.05, 4.69) is 5.32 Å². The smallest absolute Gasteiger partial charge is 0.401 e. The Hall–Kier alpha value is -1.21. The van der Waals surface area contributed by atoms with Crippen molar-refractivity contribution >= 4 is 17.7 Å². The third-order valence-corrected chi connectivity index (χ3v) is 4.28. The number of methoxy groups -OCH3 is 1. The molecule has 1 aromatic carbocycles. The zero-order valence-corrected chi connectivity index (χ0v) is 11.6. The highest BCUT2D eigenvalue weighted by Crippen LogP contribution is 2.41. The summed E-state index contributed by atoms with van der Waals surface area (Å²) in [5.74, 6) is -0.133. The largest absolute Gasteiger partial charge is 0.467 e. The first-order valence-electron chi connectivity index (χ1n) is 6.01. The summed E-state index contributed by atoms with van der Waals surface area (Å²) in [6, 6.07) is 6.97. The number of hydrogen-bond acceptors (Lipinski definition) is 4. The van der Waals surface area contributed by atoms with E-state index < -0.39 is 24.2 Å². The van der Waals surface area contributed by atoms with Gasteiger partial charge in [0.15, 0.2) is 0 Å². The Morgan fingerprint density at radius 1 is 1.45 bits per heavy atom. The standard InChI is InChI=1S/C13H14F3NO2S/c1-19-11(18)12(17-8-13(14,15)16)6-7-20-10-5-3-2-4-9(10)12/h2-5,17H,6-8H2,1H3. The maximum absolute atomic E-state index is 12.5. The summed E-state index contributed by atoms with van der Waals surface area (Å²) in [7, 11) is 1.18. The van der Waals surface area contributed by atoms with Gasteiger partial charge >= 0.3 is 12.1 Å². The Labute approximate surface area is 118 Å². The number of fused-ring (bicyclic) bond motifs is 1. The summed E-state index contributed by atoms with van der Waals surface area (Å²) in [6.07, 6.45) is -4.13. The van der Waals surface area contributed by atoms with Crippen LogP contribution in [0.15, 0.2) is 29.2 Å². The molecular formula is C13H14F3NO2S. The van der Waals surface area contributed by atoms with Crippen LogP contribution in [0.2, 0.25) is 0 Å². The molecule has 0 aromatic heterocycles. The van der Waals surface area contributed by atoms with Gasteiger partial charge in [0.25, 0.3) is 0 Å². The topological polar surface area (TPSA) is 38.3 Å². The summed E-state index contributed by atoms with van der Waals surface area (Å²) >= 11 is 1.52. The molecule has 1 unspecified atom stereocenters. The van der Waals surface area contributed by atoms with Gasteiger partial charge in [-0.15, -0.1) is 11.8 Å². The molecule has 0 spiro atoms. The Morgan fingerprint density at radius 2 is 2.15 bits per heavy atom. The molecule has 0 aliphatic carbocycles. The van der Waals surface area contributed by atoms with Crippen LogP contribution >= 0.6 is 11.8 Å². The predicted octanol–water partition coefficient (Wildman–Crippen LogP) is 2.70. The van der Waals surface area contributed by atoms with Crippen LogP contribution in [0.3, 0.4) is 0 Å². The fraction of sp³-hybridized carbons (Fsp3) is 0.462. The van der Waals surface area contributed by atoms with Gasteiger partial charge in [-0.3, -0.25) is 5.32 Å². The highest BCUT2D eigenvalue weighted by Gasteiger charge is 2.46. The van der Waals surface area contributed by atoms with Crippen LogP contribution in [0.25, 0.3) is 0 Å². The number of esters is 1. The van der Waals surface area contributed by atoms with Crippen LogP contribution in [0, 0.1) is 0 Å². The van der Waals surface area contributed by atoms with E-state index in [0.29, 0.717) is 11.3 Å². The lowest BCUT2D eigenvalue weighted by atomic mass is 9.86. The van der Waals surface area contributed by atoms with E-state index in [0.717, 1.165) is 4.90 Å². The highest BCUT2D eigenvalue weighted by molar-refractivity contribution is 7.99. The van der Waals surface area contributed by atoms with Crippen LogP contribution in [0.1, 0.15) is 12.0 Å². The van der Waals surface area contributed by atoms with Gasteiger partial charge in [0.05, 0.1) is 13.7 Å². The lowest BCUT2D eigenvalue weighted by Crippen LogP contribution is -2.54. The van der Waals surface area contributed by atoms with Crippen molar-refractivity contribution in [3.8, 4) is 0 Å². The van der Waals surface area contributed by atoms with E-state index in [9.17, 15) is 18.0 Å². The van der Waals surface area contributed by atoms with Crippen LogP contribution in [-0.4, -0.2) is 31.6 Å². The molecule has 20 heavy (non-hydrogen) atoms. The minimum absolute atomic E-state index is 0.261. The highest BCUT2D eigenvalue weighted by atomic mass is 32.2. The third-order valence-electron chi connectivity index (χ3n) is 3.21. The summed E-state index contributed by atoms with van der Waals surface area (Å²) < 4.78 is 42.2. The van der Waals surface area contributed by atoms with E-state index >= 15 is 0 Å². The Balaban J connectivity index is 2.41. The molecule has 0 saturated carbocycles. The molecule has 1 N–H and O–H groups in total. The Morgan fingerprint density at radius 3 is 2.80 bits per heavy atom. The number of carbonyl (C=O) groups is 1. The minimum atomic E-state index is -4.39. The van der Waals surface area contributed by atoms with Crippen molar-refractivity contribution in [1.82, 2.24) is 5.32 Å². The van der Waals surface area contributed by atoms with Gasteiger partial charge in [-0.25, -0.2) is 4.79 Å². The average molecular weight is 305 g/mol. The van der Waals surface area contributed by atoms with E-state index in [4.69, 9.17) is 4.74 Å². The van der Waals surface area contributed by atoms with E-state index in [-0.39, 0.29) is 6.42 Å². The molecule has 0 saturated heterocycles. The van der Waals surface area contributed by atoms with Crippen molar-refractivity contribution < 1.29 is 22.7 Å². The van der Waals surface area contributed by atoms with Gasteiger partial charge in [0.1, 0.15) is 5.54 Å². The second-order valence-corrected chi connectivity index (χ2v) is 5.60. The second-order valence-electron chi connectivity index (χ2n) is 4.46. The lowest BCUT2D eigenvalue weighted by Gasteiger charge is -2.37. The van der Waals surface area contributed by atoms with Crippen molar-refractivity contribution in [2.24, 2.45) is 0 Å². The SMILES string of the molecule is COC(=O)C1(NCC(F)(F)F)CCSc2ccccc21. The van der Waals surface area contributed by atoms with Crippen molar-refractivity contribution in [2.45, 2.75) is 23.0 Å². The molecule has 0 bridgehead atoms. The van der Waals surface area contributed by atoms with Gasteiger partial charge < -0.3 is 4.74 Å². The number of benzene rings is 1.